The number of hydrogen-bond donors (Lipinski definition) is 2. The minimum Gasteiger partial charge on any atom is -0.493 e. The fourth-order valence-corrected chi connectivity index (χ4v) is 1.57. The Morgan fingerprint density at radius 1 is 1.37 bits per heavy atom. The molecule has 0 saturated carbocycles. The lowest BCUT2D eigenvalue weighted by molar-refractivity contribution is 0.0951. The van der Waals surface area contributed by atoms with E-state index in [2.05, 4.69) is 26.1 Å². The van der Waals surface area contributed by atoms with E-state index in [1.54, 1.807) is 18.2 Å². The van der Waals surface area contributed by atoms with Crippen LogP contribution in [0, 0.1) is 5.41 Å². The second kappa shape index (κ2) is 6.45. The molecule has 0 heterocycles. The number of anilines is 1. The van der Waals surface area contributed by atoms with Crippen molar-refractivity contribution in [3.63, 3.8) is 0 Å². The van der Waals surface area contributed by atoms with E-state index in [1.807, 2.05) is 6.92 Å². The average molecular weight is 264 g/mol. The molecule has 1 aromatic carbocycles. The highest BCUT2D eigenvalue weighted by Gasteiger charge is 2.14. The number of ether oxygens (including phenoxy) is 1. The van der Waals surface area contributed by atoms with Crippen LogP contribution in [-0.2, 0) is 0 Å². The Balaban J connectivity index is 2.80. The van der Waals surface area contributed by atoms with E-state index in [0.717, 1.165) is 6.42 Å². The van der Waals surface area contributed by atoms with E-state index >= 15 is 0 Å². The Labute approximate surface area is 115 Å². The first kappa shape index (κ1) is 15.3. The van der Waals surface area contributed by atoms with E-state index < -0.39 is 0 Å². The lowest BCUT2D eigenvalue weighted by atomic mass is 9.93. The lowest BCUT2D eigenvalue weighted by Crippen LogP contribution is -2.23. The van der Waals surface area contributed by atoms with Crippen molar-refractivity contribution in [3.8, 4) is 5.75 Å². The van der Waals surface area contributed by atoms with Crippen molar-refractivity contribution in [1.29, 1.82) is 0 Å². The molecule has 0 fully saturated rings. The maximum atomic E-state index is 11.9. The van der Waals surface area contributed by atoms with Gasteiger partial charge in [0.2, 0.25) is 0 Å². The molecule has 0 aromatic heterocycles. The van der Waals surface area contributed by atoms with Gasteiger partial charge in [-0.2, -0.15) is 0 Å². The minimum absolute atomic E-state index is 0.131. The summed E-state index contributed by atoms with van der Waals surface area (Å²) in [4.78, 5) is 11.9. The first-order valence-corrected chi connectivity index (χ1v) is 6.64. The van der Waals surface area contributed by atoms with E-state index in [9.17, 15) is 4.79 Å². The van der Waals surface area contributed by atoms with Crippen LogP contribution < -0.4 is 15.8 Å². The molecule has 0 saturated heterocycles. The fourth-order valence-electron chi connectivity index (χ4n) is 1.57. The summed E-state index contributed by atoms with van der Waals surface area (Å²) in [6.07, 6.45) is 0.913. The van der Waals surface area contributed by atoms with Crippen LogP contribution in [-0.4, -0.2) is 19.1 Å². The third-order valence-corrected chi connectivity index (χ3v) is 2.70. The zero-order valence-corrected chi connectivity index (χ0v) is 12.2. The first-order chi connectivity index (χ1) is 8.83. The number of carbonyl (C=O) groups excluding carboxylic acids is 1. The van der Waals surface area contributed by atoms with E-state index in [1.165, 1.54) is 0 Å². The van der Waals surface area contributed by atoms with Gasteiger partial charge in [-0.1, -0.05) is 20.8 Å². The van der Waals surface area contributed by atoms with Crippen LogP contribution in [0.25, 0.3) is 0 Å². The van der Waals surface area contributed by atoms with Crippen molar-refractivity contribution in [1.82, 2.24) is 5.32 Å². The standard InChI is InChI=1S/C15H24N2O2/c1-5-17-14(18)12-7-6-11(16)10-13(12)19-9-8-15(2,3)4/h6-7,10H,5,8-9,16H2,1-4H3,(H,17,18). The molecule has 4 heteroatoms. The molecule has 1 aromatic rings. The smallest absolute Gasteiger partial charge is 0.255 e. The van der Waals surface area contributed by atoms with Crippen molar-refractivity contribution in [2.75, 3.05) is 18.9 Å². The second-order valence-electron chi connectivity index (χ2n) is 5.77. The van der Waals surface area contributed by atoms with E-state index in [0.29, 0.717) is 30.2 Å². The molecule has 0 bridgehead atoms. The van der Waals surface area contributed by atoms with Crippen LogP contribution in [0.4, 0.5) is 5.69 Å². The van der Waals surface area contributed by atoms with Crippen LogP contribution in [0.3, 0.4) is 0 Å². The summed E-state index contributed by atoms with van der Waals surface area (Å²) < 4.78 is 5.72. The number of amides is 1. The number of rotatable bonds is 5. The third kappa shape index (κ3) is 5.20. The van der Waals surface area contributed by atoms with Crippen molar-refractivity contribution < 1.29 is 9.53 Å². The molecule has 3 N–H and O–H groups in total. The molecule has 106 valence electrons. The Hall–Kier alpha value is -1.71. The van der Waals surface area contributed by atoms with Crippen molar-refractivity contribution in [2.45, 2.75) is 34.1 Å². The molecule has 1 amide bonds. The molecular weight excluding hydrogens is 240 g/mol. The van der Waals surface area contributed by atoms with Crippen molar-refractivity contribution in [2.24, 2.45) is 5.41 Å². The molecule has 0 radical (unpaired) electrons. The topological polar surface area (TPSA) is 64.4 Å². The van der Waals surface area contributed by atoms with Gasteiger partial charge in [-0.15, -0.1) is 0 Å². The predicted octanol–water partition coefficient (Wildman–Crippen LogP) is 2.83. The zero-order valence-electron chi connectivity index (χ0n) is 12.2. The van der Waals surface area contributed by atoms with Crippen LogP contribution in [0.15, 0.2) is 18.2 Å². The quantitative estimate of drug-likeness (QED) is 0.804. The number of carbonyl (C=O) groups is 1. The first-order valence-electron chi connectivity index (χ1n) is 6.64. The molecule has 0 atom stereocenters. The van der Waals surface area contributed by atoms with Crippen LogP contribution in [0.2, 0.25) is 0 Å². The maximum absolute atomic E-state index is 11.9. The van der Waals surface area contributed by atoms with Gasteiger partial charge in [0.1, 0.15) is 5.75 Å². The predicted molar refractivity (Wildman–Crippen MR) is 78.4 cm³/mol. The zero-order chi connectivity index (χ0) is 14.5. The van der Waals surface area contributed by atoms with Gasteiger partial charge in [-0.05, 0) is 30.9 Å². The Kier molecular flexibility index (Phi) is 5.21. The average Bonchev–Trinajstić information content (AvgIpc) is 2.27. The summed E-state index contributed by atoms with van der Waals surface area (Å²) in [6.45, 7) is 9.50. The second-order valence-corrected chi connectivity index (χ2v) is 5.77. The summed E-state index contributed by atoms with van der Waals surface area (Å²) in [5.74, 6) is 0.420. The highest BCUT2D eigenvalue weighted by atomic mass is 16.5. The summed E-state index contributed by atoms with van der Waals surface area (Å²) in [5.41, 5.74) is 7.08. The van der Waals surface area contributed by atoms with Crippen molar-refractivity contribution in [3.05, 3.63) is 23.8 Å². The summed E-state index contributed by atoms with van der Waals surface area (Å²) >= 11 is 0. The number of benzene rings is 1. The Morgan fingerprint density at radius 2 is 2.05 bits per heavy atom. The van der Waals surface area contributed by atoms with Crippen LogP contribution >= 0.6 is 0 Å². The largest absolute Gasteiger partial charge is 0.493 e. The van der Waals surface area contributed by atoms with Gasteiger partial charge in [0.25, 0.3) is 5.91 Å². The van der Waals surface area contributed by atoms with Gasteiger partial charge in [-0.25, -0.2) is 0 Å². The molecule has 0 aliphatic heterocycles. The molecule has 4 nitrogen and oxygen atoms in total. The number of nitrogen functional groups attached to an aromatic ring is 1. The van der Waals surface area contributed by atoms with E-state index in [4.69, 9.17) is 10.5 Å². The van der Waals surface area contributed by atoms with Gasteiger partial charge in [-0.3, -0.25) is 4.79 Å². The van der Waals surface area contributed by atoms with Crippen LogP contribution in [0.1, 0.15) is 44.5 Å². The van der Waals surface area contributed by atoms with Gasteiger partial charge in [0, 0.05) is 18.3 Å². The van der Waals surface area contributed by atoms with Gasteiger partial charge < -0.3 is 15.8 Å². The molecular formula is C15H24N2O2. The Morgan fingerprint density at radius 3 is 2.63 bits per heavy atom. The molecule has 0 unspecified atom stereocenters. The fraction of sp³-hybridized carbons (Fsp3) is 0.533. The van der Waals surface area contributed by atoms with E-state index in [-0.39, 0.29) is 11.3 Å². The van der Waals surface area contributed by atoms with Gasteiger partial charge >= 0.3 is 0 Å². The molecule has 0 aliphatic rings. The highest BCUT2D eigenvalue weighted by molar-refractivity contribution is 5.97. The Bertz CT molecular complexity index is 436. The molecule has 0 spiro atoms. The number of nitrogens with one attached hydrogen (secondary N) is 1. The molecule has 1 rings (SSSR count). The third-order valence-electron chi connectivity index (χ3n) is 2.70. The lowest BCUT2D eigenvalue weighted by Gasteiger charge is -2.19. The monoisotopic (exact) mass is 264 g/mol. The summed E-state index contributed by atoms with van der Waals surface area (Å²) in [6, 6.07) is 5.11. The highest BCUT2D eigenvalue weighted by Crippen LogP contribution is 2.24. The van der Waals surface area contributed by atoms with Crippen LogP contribution in [0.5, 0.6) is 5.75 Å². The minimum atomic E-state index is -0.131. The van der Waals surface area contributed by atoms with Gasteiger partial charge in [0.15, 0.2) is 0 Å². The number of nitrogens with two attached hydrogens (primary N) is 1. The van der Waals surface area contributed by atoms with Crippen molar-refractivity contribution >= 4 is 11.6 Å². The SMILES string of the molecule is CCNC(=O)c1ccc(N)cc1OCCC(C)(C)C. The molecule has 0 aliphatic carbocycles. The maximum Gasteiger partial charge on any atom is 0.255 e. The normalized spacial score (nSPS) is 11.2. The number of hydrogen-bond acceptors (Lipinski definition) is 3. The summed E-state index contributed by atoms with van der Waals surface area (Å²) in [7, 11) is 0. The molecule has 19 heavy (non-hydrogen) atoms. The van der Waals surface area contributed by atoms with Gasteiger partial charge in [0.05, 0.1) is 12.2 Å². The summed E-state index contributed by atoms with van der Waals surface area (Å²) in [5, 5.41) is 2.77.